The Balaban J connectivity index is 0.00000300. The van der Waals surface area contributed by atoms with Crippen LogP contribution in [0.3, 0.4) is 0 Å². The zero-order valence-corrected chi connectivity index (χ0v) is 19.0. The zero-order valence-electron chi connectivity index (χ0n) is 16.7. The lowest BCUT2D eigenvalue weighted by Gasteiger charge is -2.30. The lowest BCUT2D eigenvalue weighted by molar-refractivity contribution is 0.0926. The van der Waals surface area contributed by atoms with Crippen LogP contribution in [-0.4, -0.2) is 42.1 Å². The molecule has 1 aliphatic carbocycles. The van der Waals surface area contributed by atoms with Crippen molar-refractivity contribution in [1.82, 2.24) is 15.3 Å². The van der Waals surface area contributed by atoms with Crippen molar-refractivity contribution in [3.63, 3.8) is 0 Å². The third-order valence-electron chi connectivity index (χ3n) is 4.89. The molecule has 1 aromatic carbocycles. The quantitative estimate of drug-likeness (QED) is 0.677. The molecule has 0 bridgehead atoms. The fourth-order valence-electron chi connectivity index (χ4n) is 3.47. The molecular formula is C20H26Cl3N5O. The maximum atomic E-state index is 12.5. The van der Waals surface area contributed by atoms with Gasteiger partial charge in [0.2, 0.25) is 5.95 Å². The Morgan fingerprint density at radius 2 is 1.66 bits per heavy atom. The Morgan fingerprint density at radius 1 is 1.07 bits per heavy atom. The number of halogens is 3. The van der Waals surface area contributed by atoms with Gasteiger partial charge in [0.25, 0.3) is 5.91 Å². The summed E-state index contributed by atoms with van der Waals surface area (Å²) in [5.41, 5.74) is 1.53. The van der Waals surface area contributed by atoms with Crippen molar-refractivity contribution in [1.29, 1.82) is 0 Å². The SMILES string of the molecule is Cc1cnc(NC2CCC(NC(=O)c3cc(Cl)cc(Cl)c3)CC2)nc1N(C)C.Cl. The van der Waals surface area contributed by atoms with Gasteiger partial charge in [0.05, 0.1) is 0 Å². The highest BCUT2D eigenvalue weighted by molar-refractivity contribution is 6.35. The number of aromatic nitrogens is 2. The van der Waals surface area contributed by atoms with E-state index in [4.69, 9.17) is 23.2 Å². The molecule has 1 fully saturated rings. The van der Waals surface area contributed by atoms with Crippen molar-refractivity contribution < 1.29 is 4.79 Å². The Kier molecular flexibility index (Phi) is 8.37. The predicted octanol–water partition coefficient (Wildman–Crippen LogP) is 4.73. The molecule has 1 amide bonds. The normalized spacial score (nSPS) is 18.5. The van der Waals surface area contributed by atoms with Gasteiger partial charge in [-0.05, 0) is 50.8 Å². The van der Waals surface area contributed by atoms with E-state index in [1.807, 2.05) is 32.1 Å². The molecule has 0 atom stereocenters. The van der Waals surface area contributed by atoms with Crippen LogP contribution < -0.4 is 15.5 Å². The molecule has 1 saturated carbocycles. The summed E-state index contributed by atoms with van der Waals surface area (Å²) in [7, 11) is 3.94. The van der Waals surface area contributed by atoms with Gasteiger partial charge in [-0.3, -0.25) is 4.79 Å². The molecule has 3 rings (SSSR count). The third-order valence-corrected chi connectivity index (χ3v) is 5.33. The van der Waals surface area contributed by atoms with Crippen LogP contribution in [-0.2, 0) is 0 Å². The van der Waals surface area contributed by atoms with Crippen molar-refractivity contribution >= 4 is 53.3 Å². The number of hydrogen-bond donors (Lipinski definition) is 2. The largest absolute Gasteiger partial charge is 0.362 e. The number of nitrogens with zero attached hydrogens (tertiary/aromatic N) is 3. The summed E-state index contributed by atoms with van der Waals surface area (Å²) in [6.45, 7) is 2.00. The van der Waals surface area contributed by atoms with Crippen LogP contribution >= 0.6 is 35.6 Å². The average Bonchev–Trinajstić information content (AvgIpc) is 2.64. The molecule has 9 heteroatoms. The van der Waals surface area contributed by atoms with Gasteiger partial charge < -0.3 is 15.5 Å². The van der Waals surface area contributed by atoms with Gasteiger partial charge in [-0.1, -0.05) is 23.2 Å². The lowest BCUT2D eigenvalue weighted by Crippen LogP contribution is -2.40. The van der Waals surface area contributed by atoms with Gasteiger partial charge in [0, 0.05) is 53.5 Å². The maximum absolute atomic E-state index is 12.5. The van der Waals surface area contributed by atoms with E-state index in [-0.39, 0.29) is 24.4 Å². The number of carbonyl (C=O) groups is 1. The summed E-state index contributed by atoms with van der Waals surface area (Å²) in [5, 5.41) is 7.43. The molecule has 0 unspecified atom stereocenters. The lowest BCUT2D eigenvalue weighted by atomic mass is 9.91. The van der Waals surface area contributed by atoms with Crippen LogP contribution in [0.25, 0.3) is 0 Å². The topological polar surface area (TPSA) is 70.1 Å². The van der Waals surface area contributed by atoms with Crippen LogP contribution in [0.2, 0.25) is 10.0 Å². The summed E-state index contributed by atoms with van der Waals surface area (Å²) < 4.78 is 0. The Hall–Kier alpha value is -1.76. The molecule has 6 nitrogen and oxygen atoms in total. The van der Waals surface area contributed by atoms with Crippen LogP contribution in [0.4, 0.5) is 11.8 Å². The summed E-state index contributed by atoms with van der Waals surface area (Å²) in [5.74, 6) is 1.42. The molecule has 0 aliphatic heterocycles. The number of carbonyl (C=O) groups excluding carboxylic acids is 1. The first-order valence-corrected chi connectivity index (χ1v) is 10.1. The Labute approximate surface area is 187 Å². The maximum Gasteiger partial charge on any atom is 0.251 e. The van der Waals surface area contributed by atoms with E-state index in [1.165, 1.54) is 0 Å². The van der Waals surface area contributed by atoms with Crippen LogP contribution in [0.15, 0.2) is 24.4 Å². The standard InChI is InChI=1S/C20H25Cl2N5O.ClH/c1-12-11-23-20(26-18(12)27(2)3)25-17-6-4-16(5-7-17)24-19(28)13-8-14(21)10-15(22)9-13;/h8-11,16-17H,4-7H2,1-3H3,(H,24,28)(H,23,25,26);1H. The highest BCUT2D eigenvalue weighted by atomic mass is 35.5. The van der Waals surface area contributed by atoms with Gasteiger partial charge in [-0.25, -0.2) is 4.98 Å². The van der Waals surface area contributed by atoms with E-state index in [0.29, 0.717) is 27.6 Å². The number of aryl methyl sites for hydroxylation is 1. The number of anilines is 2. The minimum absolute atomic E-state index is 0. The molecule has 2 N–H and O–H groups in total. The fourth-order valence-corrected chi connectivity index (χ4v) is 4.00. The second-order valence-corrected chi connectivity index (χ2v) is 8.29. The molecule has 158 valence electrons. The molecule has 29 heavy (non-hydrogen) atoms. The Bertz CT molecular complexity index is 834. The van der Waals surface area contributed by atoms with E-state index in [9.17, 15) is 4.79 Å². The van der Waals surface area contributed by atoms with E-state index >= 15 is 0 Å². The monoisotopic (exact) mass is 457 g/mol. The summed E-state index contributed by atoms with van der Waals surface area (Å²) in [6, 6.07) is 5.32. The molecule has 0 spiro atoms. The first-order chi connectivity index (χ1) is 13.3. The molecule has 0 radical (unpaired) electrons. The van der Waals surface area contributed by atoms with E-state index < -0.39 is 0 Å². The summed E-state index contributed by atoms with van der Waals surface area (Å²) in [6.07, 6.45) is 5.51. The van der Waals surface area contributed by atoms with Crippen molar-refractivity contribution in [2.45, 2.75) is 44.7 Å². The number of nitrogens with one attached hydrogen (secondary N) is 2. The van der Waals surface area contributed by atoms with Gasteiger partial charge >= 0.3 is 0 Å². The average molecular weight is 459 g/mol. The van der Waals surface area contributed by atoms with Crippen LogP contribution in [0, 0.1) is 6.92 Å². The van der Waals surface area contributed by atoms with E-state index in [2.05, 4.69) is 20.6 Å². The molecule has 0 saturated heterocycles. The van der Waals surface area contributed by atoms with Gasteiger partial charge in [-0.15, -0.1) is 12.4 Å². The molecule has 1 heterocycles. The number of hydrogen-bond acceptors (Lipinski definition) is 5. The van der Waals surface area contributed by atoms with Crippen molar-refractivity contribution in [3.05, 3.63) is 45.6 Å². The van der Waals surface area contributed by atoms with Crippen molar-refractivity contribution in [2.24, 2.45) is 0 Å². The fraction of sp³-hybridized carbons (Fsp3) is 0.450. The minimum Gasteiger partial charge on any atom is -0.362 e. The molecule has 1 aromatic heterocycles. The minimum atomic E-state index is -0.140. The first kappa shape index (κ1) is 23.5. The van der Waals surface area contributed by atoms with Gasteiger partial charge in [0.1, 0.15) is 5.82 Å². The second kappa shape index (κ2) is 10.3. The van der Waals surface area contributed by atoms with Gasteiger partial charge in [0.15, 0.2) is 0 Å². The number of rotatable bonds is 5. The molecular weight excluding hydrogens is 433 g/mol. The summed E-state index contributed by atoms with van der Waals surface area (Å²) >= 11 is 12.0. The summed E-state index contributed by atoms with van der Waals surface area (Å²) in [4.78, 5) is 23.4. The van der Waals surface area contributed by atoms with E-state index in [1.54, 1.807) is 18.2 Å². The molecule has 2 aromatic rings. The predicted molar refractivity (Wildman–Crippen MR) is 122 cm³/mol. The van der Waals surface area contributed by atoms with Crippen molar-refractivity contribution in [3.8, 4) is 0 Å². The van der Waals surface area contributed by atoms with Crippen molar-refractivity contribution in [2.75, 3.05) is 24.3 Å². The highest BCUT2D eigenvalue weighted by Crippen LogP contribution is 2.24. The number of amides is 1. The first-order valence-electron chi connectivity index (χ1n) is 9.36. The van der Waals surface area contributed by atoms with Crippen LogP contribution in [0.5, 0.6) is 0 Å². The van der Waals surface area contributed by atoms with E-state index in [0.717, 1.165) is 37.1 Å². The number of benzene rings is 1. The highest BCUT2D eigenvalue weighted by Gasteiger charge is 2.23. The smallest absolute Gasteiger partial charge is 0.251 e. The Morgan fingerprint density at radius 3 is 2.24 bits per heavy atom. The van der Waals surface area contributed by atoms with Gasteiger partial charge in [-0.2, -0.15) is 4.98 Å². The molecule has 1 aliphatic rings. The van der Waals surface area contributed by atoms with Crippen LogP contribution in [0.1, 0.15) is 41.6 Å². The zero-order chi connectivity index (χ0) is 20.3. The second-order valence-electron chi connectivity index (χ2n) is 7.42. The third kappa shape index (κ3) is 6.36.